The molecule has 2 aromatic rings. The number of benzene rings is 1. The normalized spacial score (nSPS) is 10.7. The van der Waals surface area contributed by atoms with Crippen LogP contribution in [0.3, 0.4) is 0 Å². The summed E-state index contributed by atoms with van der Waals surface area (Å²) in [6.45, 7) is 1.89. The van der Waals surface area contributed by atoms with Gasteiger partial charge < -0.3 is 10.9 Å². The molecule has 0 aliphatic rings. The second-order valence-corrected chi connectivity index (χ2v) is 3.81. The summed E-state index contributed by atoms with van der Waals surface area (Å²) in [5.74, 6) is -0.0305. The van der Waals surface area contributed by atoms with Crippen LogP contribution in [0.2, 0.25) is 0 Å². The van der Waals surface area contributed by atoms with E-state index in [1.165, 1.54) is 0 Å². The summed E-state index contributed by atoms with van der Waals surface area (Å²) in [4.78, 5) is 4.46. The van der Waals surface area contributed by atoms with Crippen molar-refractivity contribution in [2.75, 3.05) is 5.73 Å². The molecule has 0 radical (unpaired) electrons. The number of nitrogens with two attached hydrogens (primary N) is 1. The van der Waals surface area contributed by atoms with E-state index in [1.807, 2.05) is 13.0 Å². The number of nitrogen functional groups attached to an aromatic ring is 1. The first-order chi connectivity index (χ1) is 6.58. The van der Waals surface area contributed by atoms with Gasteiger partial charge in [-0.15, -0.1) is 0 Å². The Kier molecular flexibility index (Phi) is 1.99. The number of hydrogen-bond acceptors (Lipinski definition) is 4. The van der Waals surface area contributed by atoms with E-state index in [0.717, 1.165) is 10.0 Å². The molecule has 0 unspecified atom stereocenters. The van der Waals surface area contributed by atoms with Crippen molar-refractivity contribution in [3.05, 3.63) is 27.4 Å². The highest BCUT2D eigenvalue weighted by Gasteiger charge is 2.12. The number of aromatic nitrogens is 3. The van der Waals surface area contributed by atoms with Crippen molar-refractivity contribution in [2.45, 2.75) is 6.92 Å². The van der Waals surface area contributed by atoms with Crippen LogP contribution >= 0.6 is 15.9 Å². The third kappa shape index (κ3) is 1.37. The molecule has 0 saturated carbocycles. The van der Waals surface area contributed by atoms with Gasteiger partial charge in [-0.3, -0.25) is 0 Å². The predicted molar refractivity (Wildman–Crippen MR) is 55.3 cm³/mol. The molecule has 14 heavy (non-hydrogen) atoms. The van der Waals surface area contributed by atoms with Crippen molar-refractivity contribution in [1.82, 2.24) is 10.1 Å². The van der Waals surface area contributed by atoms with Crippen molar-refractivity contribution < 1.29 is 4.85 Å². The number of halogens is 1. The quantitative estimate of drug-likeness (QED) is 0.560. The summed E-state index contributed by atoms with van der Waals surface area (Å²) in [6, 6.07) is 3.58. The molecule has 2 N–H and O–H groups in total. The molecule has 2 rings (SSSR count). The molecule has 0 aliphatic carbocycles. The zero-order valence-corrected chi connectivity index (χ0v) is 8.95. The molecule has 0 aliphatic heterocycles. The maximum atomic E-state index is 11.4. The highest BCUT2D eigenvalue weighted by atomic mass is 79.9. The van der Waals surface area contributed by atoms with E-state index in [9.17, 15) is 5.21 Å². The molecule has 0 bridgehead atoms. The summed E-state index contributed by atoms with van der Waals surface area (Å²) in [6.07, 6.45) is 0. The Morgan fingerprint density at radius 2 is 2.21 bits per heavy atom. The van der Waals surface area contributed by atoms with Gasteiger partial charge in [-0.2, -0.15) is 0 Å². The van der Waals surface area contributed by atoms with Crippen molar-refractivity contribution in [3.8, 4) is 0 Å². The third-order valence-corrected chi connectivity index (χ3v) is 2.42. The number of rotatable bonds is 0. The minimum Gasteiger partial charge on any atom is -0.594 e. The lowest BCUT2D eigenvalue weighted by Gasteiger charge is -2.02. The third-order valence-electron chi connectivity index (χ3n) is 1.81. The van der Waals surface area contributed by atoms with Crippen LogP contribution in [0, 0.1) is 12.1 Å². The lowest BCUT2D eigenvalue weighted by atomic mass is 10.2. The molecule has 0 saturated heterocycles. The smallest absolute Gasteiger partial charge is 0.288 e. The number of hydrogen-bond donors (Lipinski definition) is 1. The van der Waals surface area contributed by atoms with E-state index in [1.54, 1.807) is 6.07 Å². The summed E-state index contributed by atoms with van der Waals surface area (Å²) in [7, 11) is 0. The molecule has 5 nitrogen and oxygen atoms in total. The zero-order chi connectivity index (χ0) is 10.3. The minimum atomic E-state index is -0.0305. The SMILES string of the molecule is Cc1cc(Br)c2nc(N)n[n+]([O-])c2c1. The van der Waals surface area contributed by atoms with Crippen LogP contribution in [0.4, 0.5) is 5.95 Å². The van der Waals surface area contributed by atoms with Gasteiger partial charge in [-0.1, -0.05) is 0 Å². The summed E-state index contributed by atoms with van der Waals surface area (Å²) < 4.78 is 0.742. The fourth-order valence-corrected chi connectivity index (χ4v) is 1.91. The van der Waals surface area contributed by atoms with Crippen molar-refractivity contribution in [1.29, 1.82) is 0 Å². The van der Waals surface area contributed by atoms with Gasteiger partial charge in [-0.25, -0.2) is 4.98 Å². The van der Waals surface area contributed by atoms with Crippen molar-refractivity contribution in [2.24, 2.45) is 0 Å². The molecule has 0 atom stereocenters. The van der Waals surface area contributed by atoms with Gasteiger partial charge in [-0.05, 0) is 39.3 Å². The van der Waals surface area contributed by atoms with Crippen molar-refractivity contribution in [3.63, 3.8) is 0 Å². The van der Waals surface area contributed by atoms with E-state index in [-0.39, 0.29) is 5.95 Å². The van der Waals surface area contributed by atoms with Crippen LogP contribution in [0.15, 0.2) is 16.6 Å². The van der Waals surface area contributed by atoms with Crippen molar-refractivity contribution >= 4 is 32.9 Å². The second-order valence-electron chi connectivity index (χ2n) is 2.96. The first kappa shape index (κ1) is 9.14. The van der Waals surface area contributed by atoms with Crippen LogP contribution in [0.25, 0.3) is 11.0 Å². The largest absolute Gasteiger partial charge is 0.594 e. The van der Waals surface area contributed by atoms with E-state index in [2.05, 4.69) is 26.0 Å². The Morgan fingerprint density at radius 1 is 1.50 bits per heavy atom. The molecule has 0 fully saturated rings. The Hall–Kier alpha value is -1.43. The monoisotopic (exact) mass is 254 g/mol. The van der Waals surface area contributed by atoms with E-state index in [0.29, 0.717) is 15.9 Å². The van der Waals surface area contributed by atoms with Crippen LogP contribution < -0.4 is 10.6 Å². The Bertz CT molecular complexity index is 467. The van der Waals surface area contributed by atoms with Gasteiger partial charge in [0.15, 0.2) is 5.52 Å². The maximum Gasteiger partial charge on any atom is 0.288 e. The Morgan fingerprint density at radius 3 is 2.93 bits per heavy atom. The maximum absolute atomic E-state index is 11.4. The standard InChI is InChI=1S/C8H7BrN4O/c1-4-2-5(9)7-6(3-4)13(14)12-8(10)11-7/h2-3H,1H3,(H2,10,11,12). The van der Waals surface area contributed by atoms with Gasteiger partial charge >= 0.3 is 0 Å². The van der Waals surface area contributed by atoms with Crippen LogP contribution in [-0.2, 0) is 0 Å². The molecule has 72 valence electrons. The Balaban J connectivity index is 2.94. The van der Waals surface area contributed by atoms with E-state index in [4.69, 9.17) is 5.73 Å². The first-order valence-corrected chi connectivity index (χ1v) is 4.70. The molecule has 6 heteroatoms. The Labute approximate surface area is 88.3 Å². The number of nitrogens with zero attached hydrogens (tertiary/aromatic N) is 3. The van der Waals surface area contributed by atoms with Gasteiger partial charge in [0, 0.05) is 6.07 Å². The minimum absolute atomic E-state index is 0.0305. The highest BCUT2D eigenvalue weighted by molar-refractivity contribution is 9.10. The molecule has 1 heterocycles. The fourth-order valence-electron chi connectivity index (χ4n) is 1.26. The van der Waals surface area contributed by atoms with E-state index < -0.39 is 0 Å². The van der Waals surface area contributed by atoms with Crippen LogP contribution in [0.5, 0.6) is 0 Å². The lowest BCUT2D eigenvalue weighted by molar-refractivity contribution is -0.641. The van der Waals surface area contributed by atoms with Gasteiger partial charge in [0.2, 0.25) is 0 Å². The topological polar surface area (TPSA) is 78.7 Å². The molecule has 0 amide bonds. The molecule has 1 aromatic heterocycles. The van der Waals surface area contributed by atoms with E-state index >= 15 is 0 Å². The zero-order valence-electron chi connectivity index (χ0n) is 7.36. The average Bonchev–Trinajstić information content (AvgIpc) is 2.07. The highest BCUT2D eigenvalue weighted by Crippen LogP contribution is 2.21. The summed E-state index contributed by atoms with van der Waals surface area (Å²) in [5, 5.41) is 14.9. The average molecular weight is 255 g/mol. The lowest BCUT2D eigenvalue weighted by Crippen LogP contribution is -2.33. The number of aryl methyl sites for hydroxylation is 1. The summed E-state index contributed by atoms with van der Waals surface area (Å²) >= 11 is 3.32. The van der Waals surface area contributed by atoms with Crippen LogP contribution in [-0.4, -0.2) is 10.1 Å². The fraction of sp³-hybridized carbons (Fsp3) is 0.125. The number of anilines is 1. The van der Waals surface area contributed by atoms with Gasteiger partial charge in [0.05, 0.1) is 9.57 Å². The van der Waals surface area contributed by atoms with Gasteiger partial charge in [0.25, 0.3) is 11.5 Å². The van der Waals surface area contributed by atoms with Crippen LogP contribution in [0.1, 0.15) is 5.56 Å². The molecule has 0 spiro atoms. The molecular formula is C8H7BrN4O. The summed E-state index contributed by atoms with van der Waals surface area (Å²) in [5.41, 5.74) is 7.26. The predicted octanol–water partition coefficient (Wildman–Crippen LogP) is 0.916. The first-order valence-electron chi connectivity index (χ1n) is 3.91. The molecule has 1 aromatic carbocycles. The molecular weight excluding hydrogens is 248 g/mol. The number of fused-ring (bicyclic) bond motifs is 1. The second kappa shape index (κ2) is 3.06. The van der Waals surface area contributed by atoms with Gasteiger partial charge in [0.1, 0.15) is 0 Å².